The smallest absolute Gasteiger partial charge is 0.343 e. The molecule has 5 heteroatoms. The van der Waals surface area contributed by atoms with Gasteiger partial charge in [-0.1, -0.05) is 109 Å². The molecule has 40 heavy (non-hydrogen) atoms. The lowest BCUT2D eigenvalue weighted by Crippen LogP contribution is -2.26. The van der Waals surface area contributed by atoms with Gasteiger partial charge in [-0.05, 0) is 64.2 Å². The first-order valence-corrected chi connectivity index (χ1v) is 17.5. The molecular weight excluding hydrogens is 500 g/mol. The first kappa shape index (κ1) is 33.3. The average Bonchev–Trinajstić information content (AvgIpc) is 2.98. The highest BCUT2D eigenvalue weighted by atomic mass is 16.7. The van der Waals surface area contributed by atoms with Gasteiger partial charge in [-0.3, -0.25) is 0 Å². The topological polar surface area (TPSA) is 54.0 Å². The van der Waals surface area contributed by atoms with E-state index in [2.05, 4.69) is 0 Å². The van der Waals surface area contributed by atoms with Gasteiger partial charge in [0.1, 0.15) is 17.8 Å². The van der Waals surface area contributed by atoms with E-state index in [1.165, 1.54) is 142 Å². The van der Waals surface area contributed by atoms with Crippen LogP contribution in [0, 0.1) is 0 Å². The summed E-state index contributed by atoms with van der Waals surface area (Å²) < 4.78 is 25.3. The Bertz CT molecular complexity index is 629. The zero-order chi connectivity index (χ0) is 28.1. The summed E-state index contributed by atoms with van der Waals surface area (Å²) in [6, 6.07) is 0. The minimum absolute atomic E-state index is 0.0842. The van der Waals surface area contributed by atoms with Crippen LogP contribution in [0.1, 0.15) is 173 Å². The lowest BCUT2D eigenvalue weighted by molar-refractivity contribution is -0.139. The third kappa shape index (κ3) is 14.1. The standard InChI is InChI=1S/C35H62O5/c1-37-34(36)33(29-38-30-23-17-11-5-2-6-12-18-24-30)35(39-31-25-19-13-7-3-8-14-20-26-31)40-32-27-21-15-9-4-10-16-22-28-32/h30-32H,2-29H2,1H3. The van der Waals surface area contributed by atoms with E-state index in [1.807, 2.05) is 0 Å². The molecule has 0 unspecified atom stereocenters. The van der Waals surface area contributed by atoms with Crippen molar-refractivity contribution >= 4 is 5.97 Å². The van der Waals surface area contributed by atoms with Gasteiger partial charge in [-0.2, -0.15) is 0 Å². The van der Waals surface area contributed by atoms with Crippen LogP contribution in [-0.2, 0) is 23.7 Å². The van der Waals surface area contributed by atoms with Gasteiger partial charge in [0.15, 0.2) is 0 Å². The molecule has 3 saturated carbocycles. The SMILES string of the molecule is COC(=O)C(COC1CCCCCCCCC1)=C(OC1CCCCCCCCC1)OC1CCCCCCCCC1. The Balaban J connectivity index is 1.78. The lowest BCUT2D eigenvalue weighted by Gasteiger charge is -2.28. The molecule has 0 bridgehead atoms. The van der Waals surface area contributed by atoms with Crippen molar-refractivity contribution in [2.45, 2.75) is 192 Å². The van der Waals surface area contributed by atoms with E-state index < -0.39 is 0 Å². The molecule has 0 radical (unpaired) electrons. The minimum atomic E-state index is -0.366. The highest BCUT2D eigenvalue weighted by Crippen LogP contribution is 2.28. The van der Waals surface area contributed by atoms with Crippen molar-refractivity contribution in [2.24, 2.45) is 0 Å². The Hall–Kier alpha value is -1.23. The first-order valence-electron chi connectivity index (χ1n) is 17.5. The van der Waals surface area contributed by atoms with Crippen LogP contribution in [0.4, 0.5) is 0 Å². The van der Waals surface area contributed by atoms with Crippen molar-refractivity contribution in [3.05, 3.63) is 11.5 Å². The third-order valence-corrected chi connectivity index (χ3v) is 9.35. The number of carbonyl (C=O) groups excluding carboxylic acids is 1. The van der Waals surface area contributed by atoms with Crippen LogP contribution in [0.2, 0.25) is 0 Å². The van der Waals surface area contributed by atoms with Gasteiger partial charge < -0.3 is 18.9 Å². The van der Waals surface area contributed by atoms with E-state index in [-0.39, 0.29) is 30.9 Å². The molecule has 5 nitrogen and oxygen atoms in total. The van der Waals surface area contributed by atoms with Gasteiger partial charge >= 0.3 is 5.97 Å². The second-order valence-electron chi connectivity index (χ2n) is 12.8. The molecule has 0 atom stereocenters. The first-order chi connectivity index (χ1) is 19.8. The van der Waals surface area contributed by atoms with Gasteiger partial charge in [0.25, 0.3) is 5.95 Å². The van der Waals surface area contributed by atoms with Crippen LogP contribution in [0.15, 0.2) is 11.5 Å². The van der Waals surface area contributed by atoms with E-state index in [0.717, 1.165) is 38.5 Å². The van der Waals surface area contributed by atoms with Crippen LogP contribution < -0.4 is 0 Å². The molecule has 0 aromatic heterocycles. The zero-order valence-corrected chi connectivity index (χ0v) is 26.1. The number of ether oxygens (including phenoxy) is 4. The summed E-state index contributed by atoms with van der Waals surface area (Å²) in [5, 5.41) is 0. The van der Waals surface area contributed by atoms with Crippen LogP contribution in [-0.4, -0.2) is 38.0 Å². The fourth-order valence-electron chi connectivity index (χ4n) is 6.72. The van der Waals surface area contributed by atoms with Gasteiger partial charge in [0.05, 0.1) is 19.8 Å². The predicted molar refractivity (Wildman–Crippen MR) is 163 cm³/mol. The van der Waals surface area contributed by atoms with Crippen LogP contribution in [0.5, 0.6) is 0 Å². The molecule has 0 heterocycles. The molecule has 3 rings (SSSR count). The van der Waals surface area contributed by atoms with E-state index >= 15 is 0 Å². The summed E-state index contributed by atoms with van der Waals surface area (Å²) in [7, 11) is 1.47. The molecule has 0 aliphatic heterocycles. The molecule has 3 aliphatic rings. The van der Waals surface area contributed by atoms with Crippen LogP contribution >= 0.6 is 0 Å². The zero-order valence-electron chi connectivity index (χ0n) is 26.1. The van der Waals surface area contributed by atoms with E-state index in [1.54, 1.807) is 0 Å². The maximum Gasteiger partial charge on any atom is 0.343 e. The summed E-state index contributed by atoms with van der Waals surface area (Å²) in [6.07, 6.45) is 33.3. The van der Waals surface area contributed by atoms with Crippen molar-refractivity contribution in [2.75, 3.05) is 13.7 Å². The Morgan fingerprint density at radius 3 is 1.10 bits per heavy atom. The summed E-state index contributed by atoms with van der Waals surface area (Å²) in [5.41, 5.74) is 0.453. The maximum atomic E-state index is 13.3. The molecule has 232 valence electrons. The quantitative estimate of drug-likeness (QED) is 0.167. The van der Waals surface area contributed by atoms with Gasteiger partial charge in [0.2, 0.25) is 0 Å². The number of hydrogen-bond donors (Lipinski definition) is 0. The van der Waals surface area contributed by atoms with Gasteiger partial charge in [-0.15, -0.1) is 0 Å². The Morgan fingerprint density at radius 1 is 0.475 bits per heavy atom. The fraction of sp³-hybridized carbons (Fsp3) is 0.914. The van der Waals surface area contributed by atoms with E-state index in [4.69, 9.17) is 18.9 Å². The second-order valence-corrected chi connectivity index (χ2v) is 12.8. The lowest BCUT2D eigenvalue weighted by atomic mass is 9.99. The minimum Gasteiger partial charge on any atom is -0.465 e. The van der Waals surface area contributed by atoms with Gasteiger partial charge in [-0.25, -0.2) is 4.79 Å². The Labute approximate surface area is 246 Å². The number of esters is 1. The average molecular weight is 563 g/mol. The van der Waals surface area contributed by atoms with E-state index in [0.29, 0.717) is 11.5 Å². The number of carbonyl (C=O) groups is 1. The molecule has 3 fully saturated rings. The van der Waals surface area contributed by atoms with Crippen molar-refractivity contribution < 1.29 is 23.7 Å². The molecular formula is C35H62O5. The highest BCUT2D eigenvalue weighted by Gasteiger charge is 2.27. The van der Waals surface area contributed by atoms with E-state index in [9.17, 15) is 4.79 Å². The Morgan fingerprint density at radius 2 is 0.775 bits per heavy atom. The van der Waals surface area contributed by atoms with Crippen molar-refractivity contribution in [3.8, 4) is 0 Å². The number of methoxy groups -OCH3 is 1. The third-order valence-electron chi connectivity index (χ3n) is 9.35. The Kier molecular flexibility index (Phi) is 17.9. The van der Waals surface area contributed by atoms with Crippen molar-refractivity contribution in [3.63, 3.8) is 0 Å². The van der Waals surface area contributed by atoms with Crippen LogP contribution in [0.25, 0.3) is 0 Å². The summed E-state index contributed by atoms with van der Waals surface area (Å²) in [6.45, 7) is 0.214. The highest BCUT2D eigenvalue weighted by molar-refractivity contribution is 5.88. The summed E-state index contributed by atoms with van der Waals surface area (Å²) in [4.78, 5) is 13.3. The summed E-state index contributed by atoms with van der Waals surface area (Å²) in [5.74, 6) is 0.0467. The molecule has 0 aromatic carbocycles. The molecule has 0 aromatic rings. The summed E-state index contributed by atoms with van der Waals surface area (Å²) >= 11 is 0. The number of rotatable bonds is 8. The fourth-order valence-corrected chi connectivity index (χ4v) is 6.72. The predicted octanol–water partition coefficient (Wildman–Crippen LogP) is 10.1. The molecule has 0 N–H and O–H groups in total. The molecule has 0 saturated heterocycles. The maximum absolute atomic E-state index is 13.3. The number of hydrogen-bond acceptors (Lipinski definition) is 5. The largest absolute Gasteiger partial charge is 0.465 e. The molecule has 0 amide bonds. The van der Waals surface area contributed by atoms with Crippen molar-refractivity contribution in [1.82, 2.24) is 0 Å². The second kappa shape index (κ2) is 21.5. The monoisotopic (exact) mass is 562 g/mol. The molecule has 0 spiro atoms. The van der Waals surface area contributed by atoms with Crippen molar-refractivity contribution in [1.29, 1.82) is 0 Å². The normalized spacial score (nSPS) is 22.9. The van der Waals surface area contributed by atoms with Gasteiger partial charge in [0, 0.05) is 0 Å². The molecule has 3 aliphatic carbocycles. The van der Waals surface area contributed by atoms with Crippen LogP contribution in [0.3, 0.4) is 0 Å².